The zero-order chi connectivity index (χ0) is 28.3. The first-order valence-corrected chi connectivity index (χ1v) is 11.9. The molecule has 1 unspecified atom stereocenters. The van der Waals surface area contributed by atoms with E-state index in [1.54, 1.807) is 5.38 Å². The van der Waals surface area contributed by atoms with Gasteiger partial charge in [-0.2, -0.15) is 0 Å². The fraction of sp³-hybridized carbons (Fsp3) is 0.304. The lowest BCUT2D eigenvalue weighted by molar-refractivity contribution is -0.115. The molecule has 1 atom stereocenters. The number of amides is 1. The van der Waals surface area contributed by atoms with Crippen LogP contribution in [-0.2, 0) is 22.4 Å². The summed E-state index contributed by atoms with van der Waals surface area (Å²) in [6, 6.07) is 0. The second-order valence-electron chi connectivity index (χ2n) is 8.26. The van der Waals surface area contributed by atoms with Gasteiger partial charge in [0.25, 0.3) is 0 Å². The molecule has 206 valence electrons. The first kappa shape index (κ1) is 28.2. The minimum atomic E-state index is -0.908. The number of hydrogen-bond donors (Lipinski definition) is 11. The number of nitrogens with one attached hydrogen (secondary N) is 2. The topological polar surface area (TPSA) is 251 Å². The van der Waals surface area contributed by atoms with E-state index in [0.717, 1.165) is 11.3 Å². The quantitative estimate of drug-likeness (QED) is 0.0967. The van der Waals surface area contributed by atoms with Crippen LogP contribution in [0.5, 0.6) is 46.0 Å². The Bertz CT molecular complexity index is 1300. The summed E-state index contributed by atoms with van der Waals surface area (Å²) in [5, 5.41) is 88.3. The predicted molar refractivity (Wildman–Crippen MR) is 136 cm³/mol. The van der Waals surface area contributed by atoms with Crippen molar-refractivity contribution in [2.24, 2.45) is 0 Å². The molecule has 2 aromatic carbocycles. The number of phenols is 8. The third-order valence-electron chi connectivity index (χ3n) is 5.84. The summed E-state index contributed by atoms with van der Waals surface area (Å²) in [5.41, 5.74) is 5.18. The van der Waals surface area contributed by atoms with Crippen LogP contribution in [0.25, 0.3) is 0 Å². The number of methoxy groups -OCH3 is 1. The third-order valence-corrected chi connectivity index (χ3v) is 6.57. The summed E-state index contributed by atoms with van der Waals surface area (Å²) in [6.07, 6.45) is -1.24. The van der Waals surface area contributed by atoms with Gasteiger partial charge in [-0.05, 0) is 19.9 Å². The minimum absolute atomic E-state index is 0.00329. The highest BCUT2D eigenvalue weighted by Gasteiger charge is 2.27. The van der Waals surface area contributed by atoms with E-state index >= 15 is 0 Å². The van der Waals surface area contributed by atoms with Crippen molar-refractivity contribution < 1.29 is 50.4 Å². The number of thiazole rings is 1. The van der Waals surface area contributed by atoms with Crippen LogP contribution in [-0.4, -0.2) is 71.9 Å². The van der Waals surface area contributed by atoms with Crippen LogP contribution in [0.1, 0.15) is 28.5 Å². The highest BCUT2D eigenvalue weighted by atomic mass is 32.1. The van der Waals surface area contributed by atoms with Gasteiger partial charge < -0.3 is 62.0 Å². The van der Waals surface area contributed by atoms with E-state index < -0.39 is 63.7 Å². The molecule has 0 spiro atoms. The fourth-order valence-electron chi connectivity index (χ4n) is 3.83. The average molecular weight is 553 g/mol. The molecule has 0 saturated carbocycles. The molecule has 1 heterocycles. The van der Waals surface area contributed by atoms with Crippen LogP contribution >= 0.6 is 11.3 Å². The Morgan fingerprint density at radius 1 is 0.974 bits per heavy atom. The first-order valence-electron chi connectivity index (χ1n) is 11.1. The van der Waals surface area contributed by atoms with Gasteiger partial charge in [0.15, 0.2) is 39.6 Å². The number of anilines is 2. The van der Waals surface area contributed by atoms with Crippen molar-refractivity contribution in [2.45, 2.75) is 25.9 Å². The zero-order valence-electron chi connectivity index (χ0n) is 20.3. The van der Waals surface area contributed by atoms with Crippen molar-refractivity contribution in [1.82, 2.24) is 10.3 Å². The minimum Gasteiger partial charge on any atom is -0.504 e. The van der Waals surface area contributed by atoms with Crippen molar-refractivity contribution in [2.75, 3.05) is 31.2 Å². The van der Waals surface area contributed by atoms with Gasteiger partial charge in [0.2, 0.25) is 17.4 Å². The molecule has 3 aromatic rings. The van der Waals surface area contributed by atoms with E-state index in [1.165, 1.54) is 14.0 Å². The molecule has 14 nitrogen and oxygen atoms in total. The number of rotatable bonds is 10. The van der Waals surface area contributed by atoms with Crippen LogP contribution in [0.4, 0.5) is 10.8 Å². The highest BCUT2D eigenvalue weighted by molar-refractivity contribution is 7.13. The summed E-state index contributed by atoms with van der Waals surface area (Å²) in [7, 11) is 1.32. The lowest BCUT2D eigenvalue weighted by Crippen LogP contribution is -2.25. The molecule has 0 fully saturated rings. The smallest absolute Gasteiger partial charge is 0.230 e. The van der Waals surface area contributed by atoms with Gasteiger partial charge in [-0.15, -0.1) is 11.3 Å². The van der Waals surface area contributed by atoms with Crippen LogP contribution in [0.2, 0.25) is 0 Å². The molecule has 12 N–H and O–H groups in total. The number of nitrogens with two attached hydrogens (primary N) is 1. The van der Waals surface area contributed by atoms with Gasteiger partial charge >= 0.3 is 0 Å². The lowest BCUT2D eigenvalue weighted by Gasteiger charge is -2.22. The first-order chi connectivity index (χ1) is 17.9. The number of carbonyl (C=O) groups excluding carboxylic acids is 1. The molecule has 0 radical (unpaired) electrons. The number of carbonyl (C=O) groups is 1. The van der Waals surface area contributed by atoms with Crippen LogP contribution in [0, 0.1) is 6.92 Å². The van der Waals surface area contributed by atoms with E-state index in [2.05, 4.69) is 15.6 Å². The molecule has 1 aromatic heterocycles. The number of aromatic nitrogens is 1. The monoisotopic (exact) mass is 552 g/mol. The van der Waals surface area contributed by atoms with Crippen molar-refractivity contribution in [3.05, 3.63) is 27.8 Å². The Kier molecular flexibility index (Phi) is 8.45. The molecule has 15 heteroatoms. The second kappa shape index (κ2) is 11.4. The highest BCUT2D eigenvalue weighted by Crippen LogP contribution is 2.51. The Morgan fingerprint density at radius 2 is 1.58 bits per heavy atom. The molecule has 0 saturated heterocycles. The summed E-state index contributed by atoms with van der Waals surface area (Å²) in [4.78, 5) is 16.2. The molecule has 0 bridgehead atoms. The van der Waals surface area contributed by atoms with Crippen LogP contribution in [0.15, 0.2) is 5.38 Å². The van der Waals surface area contributed by atoms with E-state index in [0.29, 0.717) is 5.69 Å². The number of ether oxygens (including phenoxy) is 1. The van der Waals surface area contributed by atoms with Gasteiger partial charge in [-0.1, -0.05) is 0 Å². The maximum absolute atomic E-state index is 12.3. The van der Waals surface area contributed by atoms with E-state index in [4.69, 9.17) is 10.5 Å². The summed E-state index contributed by atoms with van der Waals surface area (Å²) in [5.74, 6) is -7.00. The molecule has 0 aliphatic heterocycles. The maximum atomic E-state index is 12.3. The number of benzene rings is 2. The number of nitrogens with zero attached hydrogens (tertiary/aromatic N) is 1. The standard InChI is InChI=1S/C23H28N4O10S/c1-8-13(18(32)22(36)21(35)15(8)29)11(37-2)6-25-4-3-10-16(30)19(33)14(20(34)17(10)31)27-12(28)5-9-7-38-23(24)26-9/h7,11,25,29-36H,3-6H2,1-2H3,(H2,24,26)(H,27,28). The van der Waals surface area contributed by atoms with Gasteiger partial charge in [0, 0.05) is 35.7 Å². The molecule has 3 rings (SSSR count). The largest absolute Gasteiger partial charge is 0.504 e. The Morgan fingerprint density at radius 3 is 2.13 bits per heavy atom. The van der Waals surface area contributed by atoms with Gasteiger partial charge in [0.05, 0.1) is 18.2 Å². The van der Waals surface area contributed by atoms with E-state index in [9.17, 15) is 45.6 Å². The molecule has 0 aliphatic carbocycles. The number of phenolic OH excluding ortho intramolecular Hbond substituents is 8. The molecule has 0 aliphatic rings. The third kappa shape index (κ3) is 5.49. The SMILES string of the molecule is COC(CNCCc1c(O)c(O)c(NC(=O)Cc2csc(N)n2)c(O)c1O)c1c(C)c(O)c(O)c(O)c1O. The summed E-state index contributed by atoms with van der Waals surface area (Å²) < 4.78 is 5.33. The van der Waals surface area contributed by atoms with Crippen molar-refractivity contribution >= 4 is 28.1 Å². The van der Waals surface area contributed by atoms with Crippen molar-refractivity contribution in [3.8, 4) is 46.0 Å². The lowest BCUT2D eigenvalue weighted by atomic mass is 9.99. The van der Waals surface area contributed by atoms with Crippen molar-refractivity contribution in [1.29, 1.82) is 0 Å². The van der Waals surface area contributed by atoms with E-state index in [-0.39, 0.29) is 47.8 Å². The normalized spacial score (nSPS) is 11.9. The Labute approximate surface area is 219 Å². The number of aromatic hydroxyl groups is 8. The number of nitrogen functional groups attached to an aromatic ring is 1. The second-order valence-corrected chi connectivity index (χ2v) is 9.15. The molecular formula is C23H28N4O10S. The Balaban J connectivity index is 1.70. The van der Waals surface area contributed by atoms with Crippen molar-refractivity contribution in [3.63, 3.8) is 0 Å². The summed E-state index contributed by atoms with van der Waals surface area (Å²) >= 11 is 1.13. The summed E-state index contributed by atoms with van der Waals surface area (Å²) in [6.45, 7) is 1.46. The fourth-order valence-corrected chi connectivity index (χ4v) is 4.40. The van der Waals surface area contributed by atoms with Crippen LogP contribution in [0.3, 0.4) is 0 Å². The zero-order valence-corrected chi connectivity index (χ0v) is 21.1. The molecular weight excluding hydrogens is 524 g/mol. The van der Waals surface area contributed by atoms with E-state index in [1.807, 2.05) is 0 Å². The average Bonchev–Trinajstić information content (AvgIpc) is 3.30. The van der Waals surface area contributed by atoms with Gasteiger partial charge in [-0.25, -0.2) is 4.98 Å². The Hall–Kier alpha value is -4.34. The maximum Gasteiger partial charge on any atom is 0.230 e. The molecule has 1 amide bonds. The predicted octanol–water partition coefficient (Wildman–Crippen LogP) is 1.38. The van der Waals surface area contributed by atoms with Crippen LogP contribution < -0.4 is 16.4 Å². The molecule has 38 heavy (non-hydrogen) atoms. The number of hydrogen-bond acceptors (Lipinski definition) is 14. The van der Waals surface area contributed by atoms with Gasteiger partial charge in [0.1, 0.15) is 5.69 Å². The van der Waals surface area contributed by atoms with Gasteiger partial charge in [-0.3, -0.25) is 4.79 Å².